The average molecular weight is 295 g/mol. The van der Waals surface area contributed by atoms with Gasteiger partial charge in [0, 0.05) is 11.4 Å². The Labute approximate surface area is 86.2 Å². The summed E-state index contributed by atoms with van der Waals surface area (Å²) in [6, 6.07) is 4.94. The third-order valence-corrected chi connectivity index (χ3v) is 2.65. The molecule has 0 saturated heterocycles. The maximum Gasteiger partial charge on any atom is 0.283 e. The molecular weight excluding hydrogens is 290 g/mol. The van der Waals surface area contributed by atoms with Gasteiger partial charge in [0.1, 0.15) is 0 Å². The number of benzene rings is 1. The fourth-order valence-corrected chi connectivity index (χ4v) is 1.70. The number of rotatable bonds is 2. The Morgan fingerprint density at radius 2 is 2.17 bits per heavy atom. The second-order valence-electron chi connectivity index (χ2n) is 2.18. The number of nitro groups is 1. The van der Waals surface area contributed by atoms with E-state index in [0.29, 0.717) is 9.80 Å². The Morgan fingerprint density at radius 1 is 1.50 bits per heavy atom. The lowest BCUT2D eigenvalue weighted by molar-refractivity contribution is -0.385. The van der Waals surface area contributed by atoms with Crippen molar-refractivity contribution < 1.29 is 4.92 Å². The highest BCUT2D eigenvalue weighted by Gasteiger charge is 2.10. The first-order valence-corrected chi connectivity index (χ1v) is 5.05. The van der Waals surface area contributed by atoms with E-state index >= 15 is 0 Å². The first-order valence-electron chi connectivity index (χ1n) is 3.14. The van der Waals surface area contributed by atoms with Gasteiger partial charge in [-0.1, -0.05) is 22.0 Å². The first kappa shape index (κ1) is 9.67. The summed E-state index contributed by atoms with van der Waals surface area (Å²) < 4.78 is 0.518. The molecule has 3 nitrogen and oxygen atoms in total. The van der Waals surface area contributed by atoms with Crippen LogP contribution in [0.25, 0.3) is 0 Å². The van der Waals surface area contributed by atoms with Crippen molar-refractivity contribution in [2.45, 2.75) is 5.33 Å². The zero-order valence-corrected chi connectivity index (χ0v) is 9.13. The number of hydrogen-bond donors (Lipinski definition) is 0. The molecule has 0 aromatic heterocycles. The quantitative estimate of drug-likeness (QED) is 0.477. The lowest BCUT2D eigenvalue weighted by Crippen LogP contribution is -1.89. The lowest BCUT2D eigenvalue weighted by atomic mass is 10.2. The van der Waals surface area contributed by atoms with E-state index < -0.39 is 4.92 Å². The molecule has 0 N–H and O–H groups in total. The fraction of sp³-hybridized carbons (Fsp3) is 0.143. The number of nitrogens with zero attached hydrogens (tertiary/aromatic N) is 1. The van der Waals surface area contributed by atoms with Crippen LogP contribution in [-0.2, 0) is 5.33 Å². The van der Waals surface area contributed by atoms with Crippen LogP contribution in [0.15, 0.2) is 22.7 Å². The molecule has 0 aliphatic carbocycles. The average Bonchev–Trinajstić information content (AvgIpc) is 2.03. The highest BCUT2D eigenvalue weighted by atomic mass is 79.9. The van der Waals surface area contributed by atoms with Gasteiger partial charge >= 0.3 is 0 Å². The van der Waals surface area contributed by atoms with Crippen molar-refractivity contribution in [3.05, 3.63) is 38.3 Å². The standard InChI is InChI=1S/C7H5Br2NO2/c8-4-5-1-2-7(10(11)12)6(9)3-5/h1-3H,4H2. The second-order valence-corrected chi connectivity index (χ2v) is 3.59. The molecule has 0 spiro atoms. The zero-order valence-electron chi connectivity index (χ0n) is 5.96. The number of halogens is 2. The first-order chi connectivity index (χ1) is 5.65. The van der Waals surface area contributed by atoms with Gasteiger partial charge in [-0.2, -0.15) is 0 Å². The molecule has 0 bridgehead atoms. The molecule has 0 atom stereocenters. The molecule has 0 radical (unpaired) electrons. The van der Waals surface area contributed by atoms with Crippen LogP contribution in [0.5, 0.6) is 0 Å². The van der Waals surface area contributed by atoms with Crippen LogP contribution in [-0.4, -0.2) is 4.92 Å². The predicted molar refractivity (Wildman–Crippen MR) is 53.4 cm³/mol. The van der Waals surface area contributed by atoms with Crippen molar-refractivity contribution in [2.24, 2.45) is 0 Å². The van der Waals surface area contributed by atoms with E-state index in [1.54, 1.807) is 12.1 Å². The predicted octanol–water partition coefficient (Wildman–Crippen LogP) is 3.25. The molecule has 0 saturated carbocycles. The van der Waals surface area contributed by atoms with Gasteiger partial charge in [0.15, 0.2) is 0 Å². The number of hydrogen-bond acceptors (Lipinski definition) is 2. The van der Waals surface area contributed by atoms with Gasteiger partial charge in [-0.15, -0.1) is 0 Å². The van der Waals surface area contributed by atoms with Crippen LogP contribution in [0.3, 0.4) is 0 Å². The summed E-state index contributed by atoms with van der Waals surface area (Å²) in [6.45, 7) is 0. The Kier molecular flexibility index (Phi) is 3.22. The van der Waals surface area contributed by atoms with Crippen molar-refractivity contribution in [2.75, 3.05) is 0 Å². The summed E-state index contributed by atoms with van der Waals surface area (Å²) in [5.74, 6) is 0. The SMILES string of the molecule is O=[N+]([O-])c1ccc(CBr)cc1Br. The Bertz CT molecular complexity index is 314. The Balaban J connectivity index is 3.12. The normalized spacial score (nSPS) is 9.83. The summed E-state index contributed by atoms with van der Waals surface area (Å²) in [4.78, 5) is 9.97. The third kappa shape index (κ3) is 2.04. The molecule has 0 unspecified atom stereocenters. The third-order valence-electron chi connectivity index (χ3n) is 1.36. The van der Waals surface area contributed by atoms with Crippen LogP contribution in [0.1, 0.15) is 5.56 Å². The van der Waals surface area contributed by atoms with E-state index in [1.165, 1.54) is 6.07 Å². The van der Waals surface area contributed by atoms with E-state index in [1.807, 2.05) is 0 Å². The van der Waals surface area contributed by atoms with Gasteiger partial charge < -0.3 is 0 Å². The summed E-state index contributed by atoms with van der Waals surface area (Å²) in [5, 5.41) is 11.1. The highest BCUT2D eigenvalue weighted by molar-refractivity contribution is 9.10. The molecule has 0 heterocycles. The van der Waals surface area contributed by atoms with E-state index in [0.717, 1.165) is 5.56 Å². The molecule has 0 aliphatic heterocycles. The topological polar surface area (TPSA) is 43.1 Å². The molecule has 64 valence electrons. The number of nitro benzene ring substituents is 1. The van der Waals surface area contributed by atoms with Gasteiger partial charge in [0.05, 0.1) is 9.40 Å². The zero-order chi connectivity index (χ0) is 9.14. The van der Waals surface area contributed by atoms with Gasteiger partial charge in [-0.25, -0.2) is 0 Å². The van der Waals surface area contributed by atoms with Crippen LogP contribution in [0.4, 0.5) is 5.69 Å². The summed E-state index contributed by atoms with van der Waals surface area (Å²) in [5.41, 5.74) is 1.10. The van der Waals surface area contributed by atoms with E-state index in [9.17, 15) is 10.1 Å². The van der Waals surface area contributed by atoms with Crippen molar-refractivity contribution in [1.82, 2.24) is 0 Å². The van der Waals surface area contributed by atoms with Crippen molar-refractivity contribution in [3.8, 4) is 0 Å². The van der Waals surface area contributed by atoms with Gasteiger partial charge in [0.25, 0.3) is 5.69 Å². The number of alkyl halides is 1. The molecule has 0 amide bonds. The highest BCUT2D eigenvalue weighted by Crippen LogP contribution is 2.26. The molecule has 0 fully saturated rings. The van der Waals surface area contributed by atoms with E-state index in [-0.39, 0.29) is 5.69 Å². The minimum absolute atomic E-state index is 0.0969. The summed E-state index contributed by atoms with van der Waals surface area (Å²) in [7, 11) is 0. The monoisotopic (exact) mass is 293 g/mol. The van der Waals surface area contributed by atoms with Gasteiger partial charge in [-0.3, -0.25) is 10.1 Å². The maximum atomic E-state index is 10.4. The van der Waals surface area contributed by atoms with E-state index in [4.69, 9.17) is 0 Å². The van der Waals surface area contributed by atoms with Crippen LogP contribution in [0.2, 0.25) is 0 Å². The minimum atomic E-state index is -0.415. The van der Waals surface area contributed by atoms with Crippen LogP contribution >= 0.6 is 31.9 Å². The van der Waals surface area contributed by atoms with Gasteiger partial charge in [-0.05, 0) is 27.6 Å². The molecule has 5 heteroatoms. The smallest absolute Gasteiger partial charge is 0.258 e. The minimum Gasteiger partial charge on any atom is -0.258 e. The molecular formula is C7H5Br2NO2. The summed E-state index contributed by atoms with van der Waals surface area (Å²) >= 11 is 6.39. The molecule has 12 heavy (non-hydrogen) atoms. The fourth-order valence-electron chi connectivity index (χ4n) is 0.782. The maximum absolute atomic E-state index is 10.4. The van der Waals surface area contributed by atoms with Crippen molar-refractivity contribution in [3.63, 3.8) is 0 Å². The van der Waals surface area contributed by atoms with E-state index in [2.05, 4.69) is 31.9 Å². The molecule has 1 rings (SSSR count). The van der Waals surface area contributed by atoms with Crippen LogP contribution in [0, 0.1) is 10.1 Å². The Hall–Kier alpha value is -0.420. The van der Waals surface area contributed by atoms with Crippen LogP contribution < -0.4 is 0 Å². The van der Waals surface area contributed by atoms with Crippen molar-refractivity contribution >= 4 is 37.5 Å². The van der Waals surface area contributed by atoms with Crippen molar-refractivity contribution in [1.29, 1.82) is 0 Å². The molecule has 1 aromatic rings. The van der Waals surface area contributed by atoms with Gasteiger partial charge in [0.2, 0.25) is 0 Å². The Morgan fingerprint density at radius 3 is 2.58 bits per heavy atom. The molecule has 1 aromatic carbocycles. The lowest BCUT2D eigenvalue weighted by Gasteiger charge is -1.97. The largest absolute Gasteiger partial charge is 0.283 e. The second kappa shape index (κ2) is 4.00. The summed E-state index contributed by atoms with van der Waals surface area (Å²) in [6.07, 6.45) is 0. The molecule has 0 aliphatic rings.